The van der Waals surface area contributed by atoms with Crippen LogP contribution >= 0.6 is 11.6 Å². The van der Waals surface area contributed by atoms with Gasteiger partial charge in [0.25, 0.3) is 0 Å². The highest BCUT2D eigenvalue weighted by Crippen LogP contribution is 2.11. The van der Waals surface area contributed by atoms with Crippen molar-refractivity contribution >= 4 is 34.5 Å². The fraction of sp³-hybridized carbons (Fsp3) is 0. The molecule has 0 saturated heterocycles. The Morgan fingerprint density at radius 2 is 0.870 bits per heavy atom. The Morgan fingerprint density at radius 1 is 0.609 bits per heavy atom. The highest BCUT2D eigenvalue weighted by atomic mass is 35.5. The lowest BCUT2D eigenvalue weighted by Gasteiger charge is -1.92. The number of hydrogen-bond acceptors (Lipinski definition) is 4. The topological polar surface area (TPSA) is 81.8 Å². The van der Waals surface area contributed by atoms with Crippen molar-refractivity contribution in [1.82, 2.24) is 0 Å². The molecule has 0 atom stereocenters. The zero-order chi connectivity index (χ0) is 17.3. The quantitative estimate of drug-likeness (QED) is 0.451. The molecule has 2 N–H and O–H groups in total. The van der Waals surface area contributed by atoms with Crippen molar-refractivity contribution in [2.45, 2.75) is 0 Å². The minimum atomic E-state index is 0.750. The molecule has 0 heterocycles. The van der Waals surface area contributed by atoms with E-state index in [0.717, 1.165) is 17.2 Å². The molecule has 0 aliphatic rings. The Hall–Kier alpha value is -3.03. The molecule has 0 aliphatic heterocycles. The summed E-state index contributed by atoms with van der Waals surface area (Å²) < 4.78 is 0. The van der Waals surface area contributed by atoms with Crippen LogP contribution in [0.15, 0.2) is 78.9 Å². The fourth-order valence-corrected chi connectivity index (χ4v) is 1.69. The second-order valence-corrected chi connectivity index (χ2v) is 4.28. The lowest BCUT2D eigenvalue weighted by Crippen LogP contribution is -1.67. The van der Waals surface area contributed by atoms with Gasteiger partial charge in [0, 0.05) is 5.02 Å². The van der Waals surface area contributed by atoms with E-state index in [-0.39, 0.29) is 0 Å². The molecule has 0 bridgehead atoms. The van der Waals surface area contributed by atoms with Gasteiger partial charge < -0.3 is 0 Å². The van der Waals surface area contributed by atoms with Crippen molar-refractivity contribution in [2.75, 3.05) is 0 Å². The van der Waals surface area contributed by atoms with E-state index in [0.29, 0.717) is 0 Å². The number of halogens is 1. The van der Waals surface area contributed by atoms with E-state index in [9.17, 15) is 0 Å². The maximum atomic E-state index is 8.35. The summed E-state index contributed by atoms with van der Waals surface area (Å²) >= 11 is 5.54. The van der Waals surface area contributed by atoms with Gasteiger partial charge in [0.05, 0.1) is 0 Å². The lowest BCUT2D eigenvalue weighted by atomic mass is 10.1. The number of carbonyl (C=O) groups excluding carboxylic acids is 2. The highest BCUT2D eigenvalue weighted by molar-refractivity contribution is 6.30. The van der Waals surface area contributed by atoms with Crippen molar-refractivity contribution in [1.29, 1.82) is 10.8 Å². The fourth-order valence-electron chi connectivity index (χ4n) is 1.55. The third-order valence-electron chi connectivity index (χ3n) is 2.39. The first-order valence-electron chi connectivity index (χ1n) is 6.41. The zero-order valence-corrected chi connectivity index (χ0v) is 13.0. The standard InChI is InChI=1S/C10H8.C6H5Cl.2CHNO/c1-2-6-10-8-4-3-7-9(10)5-1;7-6-4-2-1-3-5-6;2*2-1-3/h1-8H;1-5H;2*2H. The third-order valence-corrected chi connectivity index (χ3v) is 2.64. The molecule has 0 aromatic heterocycles. The van der Waals surface area contributed by atoms with E-state index < -0.39 is 0 Å². The van der Waals surface area contributed by atoms with Gasteiger partial charge in [-0.15, -0.1) is 0 Å². The van der Waals surface area contributed by atoms with Crippen molar-refractivity contribution in [3.8, 4) is 0 Å². The summed E-state index contributed by atoms with van der Waals surface area (Å²) in [7, 11) is 0. The molecule has 0 fully saturated rings. The first-order valence-corrected chi connectivity index (χ1v) is 6.79. The average molecular weight is 327 g/mol. The molecule has 4 nitrogen and oxygen atoms in total. The monoisotopic (exact) mass is 326 g/mol. The number of benzene rings is 3. The predicted octanol–water partition coefficient (Wildman–Crippen LogP) is 4.98. The van der Waals surface area contributed by atoms with Crippen LogP contribution in [-0.4, -0.2) is 12.2 Å². The van der Waals surface area contributed by atoms with Crippen LogP contribution in [0.25, 0.3) is 10.8 Å². The van der Waals surface area contributed by atoms with Crippen molar-refractivity contribution in [3.05, 3.63) is 83.9 Å². The lowest BCUT2D eigenvalue weighted by molar-refractivity contribution is 0.562. The molecule has 0 aliphatic carbocycles. The summed E-state index contributed by atoms with van der Waals surface area (Å²) in [5.41, 5.74) is 0. The number of rotatable bonds is 0. The van der Waals surface area contributed by atoms with E-state index in [1.807, 2.05) is 30.3 Å². The van der Waals surface area contributed by atoms with Crippen LogP contribution in [0.3, 0.4) is 0 Å². The maximum Gasteiger partial charge on any atom is 0.231 e. The van der Waals surface area contributed by atoms with Crippen LogP contribution in [0.5, 0.6) is 0 Å². The van der Waals surface area contributed by atoms with Crippen LogP contribution in [-0.2, 0) is 9.59 Å². The minimum Gasteiger partial charge on any atom is -0.222 e. The molecule has 23 heavy (non-hydrogen) atoms. The molecule has 3 rings (SSSR count). The molecule has 0 saturated carbocycles. The Kier molecular flexibility index (Phi) is 12.1. The van der Waals surface area contributed by atoms with Gasteiger partial charge in [-0.05, 0) is 22.9 Å². The first kappa shape index (κ1) is 20.0. The van der Waals surface area contributed by atoms with Gasteiger partial charge in [0.15, 0.2) is 0 Å². The second kappa shape index (κ2) is 13.9. The zero-order valence-electron chi connectivity index (χ0n) is 12.2. The van der Waals surface area contributed by atoms with E-state index in [4.69, 9.17) is 32.0 Å². The Labute approximate surface area is 139 Å². The van der Waals surface area contributed by atoms with Gasteiger partial charge in [-0.3, -0.25) is 0 Å². The molecule has 0 spiro atoms. The van der Waals surface area contributed by atoms with Gasteiger partial charge in [-0.25, -0.2) is 20.4 Å². The summed E-state index contributed by atoms with van der Waals surface area (Å²) in [6.07, 6.45) is 1.50. The molecular formula is C18H15ClN2O2. The molecular weight excluding hydrogens is 312 g/mol. The van der Waals surface area contributed by atoms with E-state index >= 15 is 0 Å². The second-order valence-electron chi connectivity index (χ2n) is 3.85. The van der Waals surface area contributed by atoms with Crippen LogP contribution in [0.2, 0.25) is 5.02 Å². The minimum absolute atomic E-state index is 0.750. The van der Waals surface area contributed by atoms with E-state index in [1.54, 1.807) is 0 Å². The highest BCUT2D eigenvalue weighted by Gasteiger charge is 1.85. The summed E-state index contributed by atoms with van der Waals surface area (Å²) in [5, 5.41) is 14.2. The van der Waals surface area contributed by atoms with Crippen molar-refractivity contribution in [3.63, 3.8) is 0 Å². The molecule has 116 valence electrons. The number of isocyanates is 2. The Morgan fingerprint density at radius 3 is 1.09 bits per heavy atom. The van der Waals surface area contributed by atoms with Crippen LogP contribution < -0.4 is 0 Å². The van der Waals surface area contributed by atoms with Crippen LogP contribution in [0.1, 0.15) is 0 Å². The molecule has 0 radical (unpaired) electrons. The number of fused-ring (bicyclic) bond motifs is 1. The maximum absolute atomic E-state index is 8.35. The van der Waals surface area contributed by atoms with Gasteiger partial charge in [0.2, 0.25) is 12.2 Å². The van der Waals surface area contributed by atoms with Crippen molar-refractivity contribution < 1.29 is 9.59 Å². The molecule has 3 aromatic rings. The summed E-state index contributed by atoms with van der Waals surface area (Å²) in [4.78, 5) is 16.7. The normalized spacial score (nSPS) is 7.70. The Bertz CT molecular complexity index is 672. The smallest absolute Gasteiger partial charge is 0.222 e. The molecule has 3 aromatic carbocycles. The van der Waals surface area contributed by atoms with Gasteiger partial charge >= 0.3 is 0 Å². The number of hydrogen-bond donors (Lipinski definition) is 2. The average Bonchev–Trinajstić information content (AvgIpc) is 2.58. The SMILES string of the molecule is Clc1ccccc1.N=C=O.N=C=O.c1ccc2ccccc2c1. The van der Waals surface area contributed by atoms with Crippen LogP contribution in [0, 0.1) is 10.8 Å². The van der Waals surface area contributed by atoms with Crippen molar-refractivity contribution in [2.24, 2.45) is 0 Å². The van der Waals surface area contributed by atoms with Crippen LogP contribution in [0.4, 0.5) is 0 Å². The van der Waals surface area contributed by atoms with E-state index in [1.165, 1.54) is 10.8 Å². The Balaban J connectivity index is 0.000000326. The van der Waals surface area contributed by atoms with Gasteiger partial charge in [-0.2, -0.15) is 0 Å². The summed E-state index contributed by atoms with van der Waals surface area (Å²) in [5.74, 6) is 0. The molecule has 0 amide bonds. The first-order chi connectivity index (χ1) is 11.2. The largest absolute Gasteiger partial charge is 0.231 e. The summed E-state index contributed by atoms with van der Waals surface area (Å²) in [6.45, 7) is 0. The van der Waals surface area contributed by atoms with Gasteiger partial charge in [0.1, 0.15) is 0 Å². The summed E-state index contributed by atoms with van der Waals surface area (Å²) in [6, 6.07) is 26.2. The van der Waals surface area contributed by atoms with E-state index in [2.05, 4.69) is 48.5 Å². The predicted molar refractivity (Wildman–Crippen MR) is 92.2 cm³/mol. The third kappa shape index (κ3) is 10.4. The molecule has 5 heteroatoms. The van der Waals surface area contributed by atoms with Gasteiger partial charge in [-0.1, -0.05) is 78.3 Å². The number of nitrogens with one attached hydrogen (secondary N) is 2. The molecule has 0 unspecified atom stereocenters.